The van der Waals surface area contributed by atoms with Gasteiger partial charge in [0.1, 0.15) is 6.04 Å². The Morgan fingerprint density at radius 3 is 2.78 bits per heavy atom. The molecule has 0 bridgehead atoms. The molecular formula is C25H31FN6. The Balaban J connectivity index is 1.38. The molecule has 168 valence electrons. The van der Waals surface area contributed by atoms with Crippen molar-refractivity contribution < 1.29 is 4.39 Å². The standard InChI is InChI=1S/C25H31FN6/c1-3-17(2)32-12-9-21-20-7-4-5-8-22(20)30-23(21)24(32)25-27-13-18(14-28-25)29-19-15-31(16-19)11-6-10-26/h4-5,7-8,13-14,19,24,29-30H,2-3,6,9-12,15-16H2,1H3/t24-/m0/s1. The Morgan fingerprint density at radius 2 is 2.03 bits per heavy atom. The fraction of sp³-hybridized carbons (Fsp3) is 0.440. The number of likely N-dealkylation sites (tertiary alicyclic amines) is 1. The van der Waals surface area contributed by atoms with Crippen LogP contribution >= 0.6 is 0 Å². The minimum absolute atomic E-state index is 0.0625. The summed E-state index contributed by atoms with van der Waals surface area (Å²) < 4.78 is 12.3. The summed E-state index contributed by atoms with van der Waals surface area (Å²) in [5, 5.41) is 4.79. The number of para-hydroxylation sites is 1. The van der Waals surface area contributed by atoms with Crippen molar-refractivity contribution in [1.82, 2.24) is 24.8 Å². The average Bonchev–Trinajstić information content (AvgIpc) is 3.18. The number of H-pyrrole nitrogens is 1. The van der Waals surface area contributed by atoms with Gasteiger partial charge < -0.3 is 15.2 Å². The van der Waals surface area contributed by atoms with E-state index in [1.54, 1.807) is 0 Å². The highest BCUT2D eigenvalue weighted by atomic mass is 19.1. The molecule has 0 spiro atoms. The predicted octanol–water partition coefficient (Wildman–Crippen LogP) is 4.28. The molecule has 7 heteroatoms. The summed E-state index contributed by atoms with van der Waals surface area (Å²) in [5.41, 5.74) is 5.73. The molecule has 2 aromatic heterocycles. The molecule has 1 aromatic carbocycles. The number of aromatic nitrogens is 3. The van der Waals surface area contributed by atoms with Gasteiger partial charge >= 0.3 is 0 Å². The lowest BCUT2D eigenvalue weighted by Crippen LogP contribution is -2.54. The van der Waals surface area contributed by atoms with Crippen molar-refractivity contribution in [1.29, 1.82) is 0 Å². The second kappa shape index (κ2) is 8.90. The molecular weight excluding hydrogens is 403 g/mol. The molecule has 32 heavy (non-hydrogen) atoms. The van der Waals surface area contributed by atoms with Crippen LogP contribution in [0.4, 0.5) is 10.1 Å². The molecule has 2 aliphatic heterocycles. The summed E-state index contributed by atoms with van der Waals surface area (Å²) in [5.74, 6) is 0.788. The largest absolute Gasteiger partial charge is 0.377 e. The minimum atomic E-state index is -0.245. The van der Waals surface area contributed by atoms with Crippen LogP contribution in [0.2, 0.25) is 0 Å². The van der Waals surface area contributed by atoms with Crippen molar-refractivity contribution >= 4 is 16.6 Å². The number of benzene rings is 1. The highest BCUT2D eigenvalue weighted by molar-refractivity contribution is 5.85. The van der Waals surface area contributed by atoms with Gasteiger partial charge in [-0.15, -0.1) is 0 Å². The molecule has 4 heterocycles. The van der Waals surface area contributed by atoms with E-state index in [1.807, 2.05) is 12.4 Å². The number of aromatic amines is 1. The second-order valence-electron chi connectivity index (χ2n) is 8.80. The number of fused-ring (bicyclic) bond motifs is 3. The van der Waals surface area contributed by atoms with Gasteiger partial charge in [-0.2, -0.15) is 0 Å². The number of hydrogen-bond donors (Lipinski definition) is 2. The molecule has 0 saturated carbocycles. The van der Waals surface area contributed by atoms with Gasteiger partial charge in [-0.3, -0.25) is 9.29 Å². The Kier molecular flexibility index (Phi) is 5.83. The fourth-order valence-corrected chi connectivity index (χ4v) is 4.97. The number of rotatable bonds is 8. The van der Waals surface area contributed by atoms with E-state index in [0.717, 1.165) is 61.7 Å². The maximum absolute atomic E-state index is 12.3. The Bertz CT molecular complexity index is 1090. The van der Waals surface area contributed by atoms with Crippen LogP contribution in [0.3, 0.4) is 0 Å². The Hall–Kier alpha value is -2.93. The fourth-order valence-electron chi connectivity index (χ4n) is 4.97. The summed E-state index contributed by atoms with van der Waals surface area (Å²) in [4.78, 5) is 17.8. The molecule has 2 aliphatic rings. The highest BCUT2D eigenvalue weighted by Crippen LogP contribution is 2.39. The van der Waals surface area contributed by atoms with Crippen LogP contribution in [-0.4, -0.2) is 63.6 Å². The maximum atomic E-state index is 12.3. The summed E-state index contributed by atoms with van der Waals surface area (Å²) in [6.45, 7) is 9.83. The molecule has 3 aromatic rings. The number of alkyl halides is 1. The smallest absolute Gasteiger partial charge is 0.156 e. The van der Waals surface area contributed by atoms with Gasteiger partial charge in [-0.05, 0) is 30.9 Å². The van der Waals surface area contributed by atoms with Crippen LogP contribution in [-0.2, 0) is 6.42 Å². The molecule has 1 saturated heterocycles. The van der Waals surface area contributed by atoms with E-state index in [1.165, 1.54) is 16.6 Å². The number of anilines is 1. The van der Waals surface area contributed by atoms with E-state index in [4.69, 9.17) is 9.97 Å². The van der Waals surface area contributed by atoms with Gasteiger partial charge in [0.25, 0.3) is 0 Å². The zero-order valence-corrected chi connectivity index (χ0v) is 18.6. The van der Waals surface area contributed by atoms with Crippen molar-refractivity contribution in [3.63, 3.8) is 0 Å². The summed E-state index contributed by atoms with van der Waals surface area (Å²) in [7, 11) is 0. The Labute approximate surface area is 188 Å². The van der Waals surface area contributed by atoms with Crippen LogP contribution < -0.4 is 5.32 Å². The molecule has 0 amide bonds. The molecule has 0 radical (unpaired) electrons. The lowest BCUT2D eigenvalue weighted by molar-refractivity contribution is 0.155. The number of nitrogens with one attached hydrogen (secondary N) is 2. The Morgan fingerprint density at radius 1 is 1.25 bits per heavy atom. The first kappa shape index (κ1) is 20.9. The zero-order valence-electron chi connectivity index (χ0n) is 18.6. The predicted molar refractivity (Wildman–Crippen MR) is 126 cm³/mol. The first-order valence-corrected chi connectivity index (χ1v) is 11.6. The lowest BCUT2D eigenvalue weighted by Gasteiger charge is -2.40. The number of nitrogens with zero attached hydrogens (tertiary/aromatic N) is 4. The molecule has 0 unspecified atom stereocenters. The zero-order chi connectivity index (χ0) is 22.1. The van der Waals surface area contributed by atoms with E-state index in [2.05, 4.69) is 57.9 Å². The molecule has 2 N–H and O–H groups in total. The first-order valence-electron chi connectivity index (χ1n) is 11.6. The summed E-state index contributed by atoms with van der Waals surface area (Å²) in [6, 6.07) is 8.79. The monoisotopic (exact) mass is 434 g/mol. The number of allylic oxidation sites excluding steroid dienone is 1. The maximum Gasteiger partial charge on any atom is 0.156 e. The number of hydrogen-bond acceptors (Lipinski definition) is 5. The minimum Gasteiger partial charge on any atom is -0.377 e. The van der Waals surface area contributed by atoms with E-state index < -0.39 is 0 Å². The third-order valence-electron chi connectivity index (χ3n) is 6.70. The first-order chi connectivity index (χ1) is 15.7. The van der Waals surface area contributed by atoms with Crippen LogP contribution in [0.15, 0.2) is 48.9 Å². The molecule has 0 aliphatic carbocycles. The average molecular weight is 435 g/mol. The van der Waals surface area contributed by atoms with Crippen LogP contribution in [0.1, 0.15) is 42.9 Å². The third kappa shape index (κ3) is 3.86. The highest BCUT2D eigenvalue weighted by Gasteiger charge is 2.34. The van der Waals surface area contributed by atoms with Gasteiger partial charge in [0, 0.05) is 48.5 Å². The summed E-state index contributed by atoms with van der Waals surface area (Å²) >= 11 is 0. The van der Waals surface area contributed by atoms with Crippen LogP contribution in [0, 0.1) is 0 Å². The number of halogens is 1. The van der Waals surface area contributed by atoms with E-state index >= 15 is 0 Å². The van der Waals surface area contributed by atoms with Crippen molar-refractivity contribution in [2.45, 2.75) is 38.3 Å². The van der Waals surface area contributed by atoms with Crippen molar-refractivity contribution in [3.8, 4) is 0 Å². The molecule has 1 atom stereocenters. The SMILES string of the molecule is C=C(CC)N1CCc2c([nH]c3ccccc23)[C@H]1c1ncc(NC2CN(CCCF)C2)cn1. The van der Waals surface area contributed by atoms with Crippen LogP contribution in [0.25, 0.3) is 10.9 Å². The topological polar surface area (TPSA) is 60.1 Å². The summed E-state index contributed by atoms with van der Waals surface area (Å²) in [6.07, 6.45) is 6.26. The normalized spacial score (nSPS) is 19.1. The van der Waals surface area contributed by atoms with Gasteiger partial charge in [0.05, 0.1) is 30.8 Å². The van der Waals surface area contributed by atoms with Crippen molar-refractivity contribution in [2.24, 2.45) is 0 Å². The quantitative estimate of drug-likeness (QED) is 0.554. The van der Waals surface area contributed by atoms with Gasteiger partial charge in [0.2, 0.25) is 0 Å². The van der Waals surface area contributed by atoms with Gasteiger partial charge in [0.15, 0.2) is 5.82 Å². The van der Waals surface area contributed by atoms with E-state index in [0.29, 0.717) is 12.5 Å². The second-order valence-corrected chi connectivity index (χ2v) is 8.80. The van der Waals surface area contributed by atoms with Crippen molar-refractivity contribution in [3.05, 3.63) is 66.0 Å². The van der Waals surface area contributed by atoms with Gasteiger partial charge in [-0.25, -0.2) is 9.97 Å². The molecule has 5 rings (SSSR count). The van der Waals surface area contributed by atoms with E-state index in [-0.39, 0.29) is 12.7 Å². The molecule has 6 nitrogen and oxygen atoms in total. The van der Waals surface area contributed by atoms with Crippen molar-refractivity contribution in [2.75, 3.05) is 38.2 Å². The molecule has 1 fully saturated rings. The van der Waals surface area contributed by atoms with Gasteiger partial charge in [-0.1, -0.05) is 31.7 Å². The third-order valence-corrected chi connectivity index (χ3v) is 6.70. The van der Waals surface area contributed by atoms with Crippen LogP contribution in [0.5, 0.6) is 0 Å². The van der Waals surface area contributed by atoms with E-state index in [9.17, 15) is 4.39 Å². The lowest BCUT2D eigenvalue weighted by atomic mass is 9.96.